The van der Waals surface area contributed by atoms with Crippen LogP contribution in [0, 0.1) is 11.8 Å². The number of nitrogens with one attached hydrogen (secondary N) is 1. The van der Waals surface area contributed by atoms with Crippen LogP contribution in [0.2, 0.25) is 0 Å². The highest BCUT2D eigenvalue weighted by Crippen LogP contribution is 2.30. The number of hydrogen-bond acceptors (Lipinski definition) is 3. The van der Waals surface area contributed by atoms with E-state index in [-0.39, 0.29) is 0 Å². The van der Waals surface area contributed by atoms with Crippen LogP contribution in [0.1, 0.15) is 46.5 Å². The molecule has 3 rings (SSSR count). The fourth-order valence-electron chi connectivity index (χ4n) is 2.48. The minimum atomic E-state index is 0.388. The molecule has 0 saturated heterocycles. The van der Waals surface area contributed by atoms with Crippen LogP contribution in [0.15, 0.2) is 26.5 Å². The van der Waals surface area contributed by atoms with Crippen molar-refractivity contribution in [2.75, 3.05) is 6.54 Å². The Balaban J connectivity index is 0.000000205. The van der Waals surface area contributed by atoms with E-state index in [4.69, 9.17) is 11.6 Å². The Hall–Kier alpha value is -0.320. The van der Waals surface area contributed by atoms with Gasteiger partial charge >= 0.3 is 0 Å². The van der Waals surface area contributed by atoms with E-state index < -0.39 is 0 Å². The molecular weight excluding hydrogens is 338 g/mol. The van der Waals surface area contributed by atoms with Crippen LogP contribution in [-0.4, -0.2) is 17.3 Å². The second-order valence-corrected chi connectivity index (χ2v) is 7.29. The van der Waals surface area contributed by atoms with Crippen molar-refractivity contribution in [1.82, 2.24) is 10.4 Å². The molecule has 2 heterocycles. The molecular formula is C15H23BrClN3. The van der Waals surface area contributed by atoms with Crippen LogP contribution in [0.5, 0.6) is 0 Å². The average Bonchev–Trinajstić information content (AvgIpc) is 3.00. The summed E-state index contributed by atoms with van der Waals surface area (Å²) in [6.45, 7) is 7.29. The Morgan fingerprint density at radius 2 is 2.05 bits per heavy atom. The van der Waals surface area contributed by atoms with E-state index in [9.17, 15) is 0 Å². The third-order valence-electron chi connectivity index (χ3n) is 3.80. The highest BCUT2D eigenvalue weighted by molar-refractivity contribution is 9.11. The molecule has 1 saturated carbocycles. The number of halogens is 2. The quantitative estimate of drug-likeness (QED) is 0.683. The van der Waals surface area contributed by atoms with Crippen LogP contribution >= 0.6 is 27.5 Å². The van der Waals surface area contributed by atoms with E-state index in [1.54, 1.807) is 5.01 Å². The van der Waals surface area contributed by atoms with Crippen molar-refractivity contribution in [2.24, 2.45) is 16.8 Å². The maximum atomic E-state index is 6.11. The van der Waals surface area contributed by atoms with E-state index in [0.717, 1.165) is 28.5 Å². The first-order valence-corrected chi connectivity index (χ1v) is 8.54. The third kappa shape index (κ3) is 3.86. The van der Waals surface area contributed by atoms with Crippen molar-refractivity contribution in [3.8, 4) is 0 Å². The van der Waals surface area contributed by atoms with Gasteiger partial charge in [0.05, 0.1) is 11.0 Å². The van der Waals surface area contributed by atoms with Gasteiger partial charge < -0.3 is 0 Å². The summed E-state index contributed by atoms with van der Waals surface area (Å²) in [7, 11) is 0. The van der Waals surface area contributed by atoms with Crippen LogP contribution in [0.4, 0.5) is 0 Å². The van der Waals surface area contributed by atoms with Gasteiger partial charge in [-0.15, -0.1) is 0 Å². The second-order valence-electron chi connectivity index (χ2n) is 5.95. The zero-order valence-corrected chi connectivity index (χ0v) is 14.8. The van der Waals surface area contributed by atoms with Crippen molar-refractivity contribution in [3.63, 3.8) is 0 Å². The lowest BCUT2D eigenvalue weighted by Gasteiger charge is -2.23. The Morgan fingerprint density at radius 3 is 2.55 bits per heavy atom. The van der Waals surface area contributed by atoms with Crippen molar-refractivity contribution < 1.29 is 0 Å². The van der Waals surface area contributed by atoms with Crippen molar-refractivity contribution in [3.05, 3.63) is 21.5 Å². The van der Waals surface area contributed by atoms with Gasteiger partial charge in [0.25, 0.3) is 0 Å². The normalized spacial score (nSPS) is 22.6. The molecule has 0 bridgehead atoms. The van der Waals surface area contributed by atoms with Crippen molar-refractivity contribution >= 4 is 33.2 Å². The Kier molecular flexibility index (Phi) is 5.70. The lowest BCUT2D eigenvalue weighted by atomic mass is 10.1. The van der Waals surface area contributed by atoms with Gasteiger partial charge in [0.2, 0.25) is 0 Å². The summed E-state index contributed by atoms with van der Waals surface area (Å²) in [4.78, 5) is 4.53. The van der Waals surface area contributed by atoms with Gasteiger partial charge in [-0.2, -0.15) is 0 Å². The zero-order chi connectivity index (χ0) is 14.7. The number of hydrogen-bond donors (Lipinski definition) is 1. The molecule has 1 fully saturated rings. The lowest BCUT2D eigenvalue weighted by Crippen LogP contribution is -2.32. The molecule has 0 aromatic rings. The lowest BCUT2D eigenvalue weighted by molar-refractivity contribution is 0.370. The fourth-order valence-corrected chi connectivity index (χ4v) is 3.12. The highest BCUT2D eigenvalue weighted by Gasteiger charge is 2.27. The van der Waals surface area contributed by atoms with Gasteiger partial charge in [0, 0.05) is 5.71 Å². The first kappa shape index (κ1) is 16.1. The molecule has 112 valence electrons. The van der Waals surface area contributed by atoms with Crippen molar-refractivity contribution in [2.45, 2.75) is 46.5 Å². The Labute approximate surface area is 135 Å². The van der Waals surface area contributed by atoms with Crippen LogP contribution in [0.25, 0.3) is 0 Å². The molecule has 0 aromatic carbocycles. The predicted molar refractivity (Wildman–Crippen MR) is 89.6 cm³/mol. The summed E-state index contributed by atoms with van der Waals surface area (Å²) in [6, 6.07) is 0. The summed E-state index contributed by atoms with van der Waals surface area (Å²) >= 11 is 9.58. The number of rotatable bonds is 1. The molecule has 0 unspecified atom stereocenters. The molecule has 2 aliphatic heterocycles. The first-order chi connectivity index (χ1) is 9.49. The number of hydrazine groups is 1. The number of allylic oxidation sites excluding steroid dienone is 1. The highest BCUT2D eigenvalue weighted by atomic mass is 79.9. The van der Waals surface area contributed by atoms with E-state index in [1.807, 2.05) is 6.08 Å². The minimum Gasteiger partial charge on any atom is -0.247 e. The van der Waals surface area contributed by atoms with Crippen LogP contribution in [-0.2, 0) is 0 Å². The van der Waals surface area contributed by atoms with Crippen LogP contribution in [0.3, 0.4) is 0 Å². The smallest absolute Gasteiger partial charge is 0.160 e. The number of fused-ring (bicyclic) bond motifs is 1. The zero-order valence-electron chi connectivity index (χ0n) is 12.4. The molecule has 0 amide bonds. The van der Waals surface area contributed by atoms with Gasteiger partial charge in [-0.3, -0.25) is 0 Å². The van der Waals surface area contributed by atoms with E-state index >= 15 is 0 Å². The van der Waals surface area contributed by atoms with E-state index in [1.165, 1.54) is 25.7 Å². The second kappa shape index (κ2) is 7.10. The first-order valence-electron chi connectivity index (χ1n) is 7.37. The van der Waals surface area contributed by atoms with E-state index in [2.05, 4.69) is 47.1 Å². The molecule has 0 atom stereocenters. The topological polar surface area (TPSA) is 27.6 Å². The Bertz CT molecular complexity index is 448. The minimum absolute atomic E-state index is 0.388. The molecule has 1 aliphatic carbocycles. The summed E-state index contributed by atoms with van der Waals surface area (Å²) in [5.41, 5.74) is 4.14. The third-order valence-corrected chi connectivity index (χ3v) is 4.71. The van der Waals surface area contributed by atoms with Gasteiger partial charge in [-0.05, 0) is 17.9 Å². The SMILES string of the molecule is CC(C)C1=NC2=C(Br)CNN2C(Cl)=C1.CC1CCCC1. The molecule has 1 N–H and O–H groups in total. The largest absolute Gasteiger partial charge is 0.247 e. The summed E-state index contributed by atoms with van der Waals surface area (Å²) in [5, 5.41) is 2.46. The van der Waals surface area contributed by atoms with E-state index in [0.29, 0.717) is 11.1 Å². The Morgan fingerprint density at radius 1 is 1.40 bits per heavy atom. The van der Waals surface area contributed by atoms with Gasteiger partial charge in [0.1, 0.15) is 5.16 Å². The van der Waals surface area contributed by atoms with Gasteiger partial charge in [-0.1, -0.05) is 74.0 Å². The molecule has 3 nitrogen and oxygen atoms in total. The molecule has 0 aromatic heterocycles. The summed E-state index contributed by atoms with van der Waals surface area (Å²) in [5.74, 6) is 2.31. The average molecular weight is 361 g/mol. The predicted octanol–water partition coefficient (Wildman–Crippen LogP) is 4.76. The van der Waals surface area contributed by atoms with Gasteiger partial charge in [0.15, 0.2) is 5.82 Å². The van der Waals surface area contributed by atoms with Crippen molar-refractivity contribution in [1.29, 1.82) is 0 Å². The standard InChI is InChI=1S/C9H11BrClN3.C6H12/c1-5(2)7-3-8(11)14-9(13-7)6(10)4-12-14;1-6-4-2-3-5-6/h3,5,12H,4H2,1-2H3;6H,2-5H2,1H3. The summed E-state index contributed by atoms with van der Waals surface area (Å²) in [6.07, 6.45) is 7.84. The number of aliphatic imine (C=N–C) groups is 1. The molecule has 5 heteroatoms. The maximum absolute atomic E-state index is 6.11. The molecule has 3 aliphatic rings. The molecule has 0 spiro atoms. The van der Waals surface area contributed by atoms with Gasteiger partial charge in [-0.25, -0.2) is 15.4 Å². The van der Waals surface area contributed by atoms with Crippen LogP contribution < -0.4 is 5.43 Å². The fraction of sp³-hybridized carbons (Fsp3) is 0.667. The summed E-state index contributed by atoms with van der Waals surface area (Å²) < 4.78 is 1.04. The molecule has 20 heavy (non-hydrogen) atoms. The number of nitrogens with zero attached hydrogens (tertiary/aromatic N) is 2. The maximum Gasteiger partial charge on any atom is 0.160 e. The molecule has 0 radical (unpaired) electrons. The monoisotopic (exact) mass is 359 g/mol.